The average Bonchev–Trinajstić information content (AvgIpc) is 3.08. The molecule has 3 aromatic rings. The summed E-state index contributed by atoms with van der Waals surface area (Å²) in [6, 6.07) is 14.8. The molecule has 2 amide bonds. The number of carbonyl (C=O) groups is 4. The van der Waals surface area contributed by atoms with Gasteiger partial charge in [-0.05, 0) is 60.7 Å². The van der Waals surface area contributed by atoms with Gasteiger partial charge in [-0.2, -0.15) is 0 Å². The number of hydrogen-bond acceptors (Lipinski definition) is 6. The third-order valence-electron chi connectivity index (χ3n) is 5.03. The number of esters is 1. The van der Waals surface area contributed by atoms with Gasteiger partial charge in [-0.3, -0.25) is 14.4 Å². The predicted octanol–water partition coefficient (Wildman–Crippen LogP) is 4.84. The van der Waals surface area contributed by atoms with Crippen LogP contribution in [0, 0.1) is 0 Å². The van der Waals surface area contributed by atoms with Crippen molar-refractivity contribution in [3.8, 4) is 5.75 Å². The Labute approximate surface area is 198 Å². The number of nitrogens with zero attached hydrogens (tertiary/aromatic N) is 1. The Bertz CT molecular complexity index is 1300. The fraction of sp³-hybridized carbons (Fsp3) is 0.0833. The Balaban J connectivity index is 1.49. The van der Waals surface area contributed by atoms with E-state index in [4.69, 9.17) is 32.7 Å². The van der Waals surface area contributed by atoms with Crippen LogP contribution < -0.4 is 9.64 Å². The minimum atomic E-state index is -0.798. The van der Waals surface area contributed by atoms with Crippen molar-refractivity contribution in [1.82, 2.24) is 0 Å². The largest absolute Gasteiger partial charge is 0.497 e. The standard InChI is InChI=1S/C24H15Cl2NO6/c1-32-16-6-2-13(3-7-16)21(28)12-33-24(31)14-4-8-17-18(10-14)23(30)27(22(17)29)15-5-9-19(25)20(26)11-15/h2-11H,12H2,1H3. The number of ketones is 1. The van der Waals surface area contributed by atoms with E-state index in [1.165, 1.54) is 43.5 Å². The summed E-state index contributed by atoms with van der Waals surface area (Å²) >= 11 is 11.9. The highest BCUT2D eigenvalue weighted by molar-refractivity contribution is 6.42. The zero-order valence-electron chi connectivity index (χ0n) is 17.1. The number of benzene rings is 3. The molecule has 0 N–H and O–H groups in total. The molecule has 4 rings (SSSR count). The van der Waals surface area contributed by atoms with E-state index in [0.717, 1.165) is 4.90 Å². The SMILES string of the molecule is COc1ccc(C(=O)COC(=O)c2ccc3c(c2)C(=O)N(c2ccc(Cl)c(Cl)c2)C3=O)cc1. The van der Waals surface area contributed by atoms with Crippen molar-refractivity contribution in [2.24, 2.45) is 0 Å². The van der Waals surface area contributed by atoms with Crippen molar-refractivity contribution in [1.29, 1.82) is 0 Å². The van der Waals surface area contributed by atoms with E-state index in [1.807, 2.05) is 0 Å². The number of rotatable bonds is 6. The molecule has 1 aliphatic rings. The van der Waals surface area contributed by atoms with Crippen LogP contribution in [0.1, 0.15) is 41.4 Å². The van der Waals surface area contributed by atoms with Crippen molar-refractivity contribution < 1.29 is 28.7 Å². The molecule has 0 saturated heterocycles. The van der Waals surface area contributed by atoms with Gasteiger partial charge in [0.2, 0.25) is 0 Å². The Hall–Kier alpha value is -3.68. The number of anilines is 1. The molecule has 1 aliphatic heterocycles. The van der Waals surface area contributed by atoms with E-state index in [0.29, 0.717) is 11.3 Å². The van der Waals surface area contributed by atoms with E-state index in [1.54, 1.807) is 24.3 Å². The van der Waals surface area contributed by atoms with Crippen LogP contribution in [-0.4, -0.2) is 37.3 Å². The number of hydrogen-bond donors (Lipinski definition) is 0. The van der Waals surface area contributed by atoms with Gasteiger partial charge in [0.15, 0.2) is 12.4 Å². The van der Waals surface area contributed by atoms with Gasteiger partial charge in [-0.15, -0.1) is 0 Å². The molecule has 0 atom stereocenters. The number of ether oxygens (including phenoxy) is 2. The first-order chi connectivity index (χ1) is 15.8. The summed E-state index contributed by atoms with van der Waals surface area (Å²) in [4.78, 5) is 51.3. The molecule has 33 heavy (non-hydrogen) atoms. The topological polar surface area (TPSA) is 90.0 Å². The van der Waals surface area contributed by atoms with Crippen molar-refractivity contribution in [2.75, 3.05) is 18.6 Å². The maximum absolute atomic E-state index is 12.9. The lowest BCUT2D eigenvalue weighted by atomic mass is 10.1. The molecule has 0 aliphatic carbocycles. The molecule has 1 heterocycles. The van der Waals surface area contributed by atoms with Crippen LogP contribution in [-0.2, 0) is 4.74 Å². The number of imide groups is 1. The van der Waals surface area contributed by atoms with E-state index in [9.17, 15) is 19.2 Å². The van der Waals surface area contributed by atoms with Crippen molar-refractivity contribution in [3.63, 3.8) is 0 Å². The molecule has 0 saturated carbocycles. The lowest BCUT2D eigenvalue weighted by Crippen LogP contribution is -2.29. The smallest absolute Gasteiger partial charge is 0.338 e. The molecule has 0 spiro atoms. The maximum atomic E-state index is 12.9. The number of amides is 2. The van der Waals surface area contributed by atoms with Gasteiger partial charge in [-0.1, -0.05) is 23.2 Å². The molecule has 0 aromatic heterocycles. The highest BCUT2D eigenvalue weighted by atomic mass is 35.5. The van der Waals surface area contributed by atoms with Crippen LogP contribution in [0.15, 0.2) is 60.7 Å². The first-order valence-corrected chi connectivity index (χ1v) is 10.4. The van der Waals surface area contributed by atoms with Crippen LogP contribution in [0.5, 0.6) is 5.75 Å². The lowest BCUT2D eigenvalue weighted by molar-refractivity contribution is 0.0474. The Kier molecular flexibility index (Phi) is 6.18. The Morgan fingerprint density at radius 2 is 1.48 bits per heavy atom. The number of carbonyl (C=O) groups excluding carboxylic acids is 4. The van der Waals surface area contributed by atoms with E-state index in [2.05, 4.69) is 0 Å². The minimum absolute atomic E-state index is 0.0356. The maximum Gasteiger partial charge on any atom is 0.338 e. The summed E-state index contributed by atoms with van der Waals surface area (Å²) in [5.74, 6) is -1.77. The first-order valence-electron chi connectivity index (χ1n) is 9.62. The Morgan fingerprint density at radius 3 is 2.15 bits per heavy atom. The molecule has 0 bridgehead atoms. The van der Waals surface area contributed by atoms with Gasteiger partial charge in [0, 0.05) is 5.56 Å². The third-order valence-corrected chi connectivity index (χ3v) is 5.77. The molecule has 166 valence electrons. The zero-order valence-corrected chi connectivity index (χ0v) is 18.6. The normalized spacial score (nSPS) is 12.5. The Morgan fingerprint density at radius 1 is 0.818 bits per heavy atom. The third kappa shape index (κ3) is 4.33. The lowest BCUT2D eigenvalue weighted by Gasteiger charge is -2.14. The van der Waals surface area contributed by atoms with Crippen molar-refractivity contribution in [2.45, 2.75) is 0 Å². The zero-order chi connectivity index (χ0) is 23.7. The minimum Gasteiger partial charge on any atom is -0.497 e. The molecule has 3 aromatic carbocycles. The molecule has 9 heteroatoms. The molecular formula is C24H15Cl2NO6. The molecule has 0 radical (unpaired) electrons. The van der Waals surface area contributed by atoms with Crippen LogP contribution in [0.3, 0.4) is 0 Å². The predicted molar refractivity (Wildman–Crippen MR) is 122 cm³/mol. The number of halogens is 2. The summed E-state index contributed by atoms with van der Waals surface area (Å²) < 4.78 is 10.1. The summed E-state index contributed by atoms with van der Waals surface area (Å²) in [6.45, 7) is -0.482. The van der Waals surface area contributed by atoms with Crippen LogP contribution >= 0.6 is 23.2 Å². The molecule has 7 nitrogen and oxygen atoms in total. The van der Waals surface area contributed by atoms with E-state index in [-0.39, 0.29) is 32.4 Å². The van der Waals surface area contributed by atoms with Crippen LogP contribution in [0.2, 0.25) is 10.0 Å². The van der Waals surface area contributed by atoms with Gasteiger partial charge in [0.05, 0.1) is 39.5 Å². The summed E-state index contributed by atoms with van der Waals surface area (Å²) in [6.07, 6.45) is 0. The molecular weight excluding hydrogens is 469 g/mol. The second-order valence-electron chi connectivity index (χ2n) is 7.03. The van der Waals surface area contributed by atoms with Crippen molar-refractivity contribution >= 4 is 52.5 Å². The van der Waals surface area contributed by atoms with Gasteiger partial charge in [0.1, 0.15) is 5.75 Å². The van der Waals surface area contributed by atoms with Crippen LogP contribution in [0.25, 0.3) is 0 Å². The summed E-state index contributed by atoms with van der Waals surface area (Å²) in [7, 11) is 1.51. The summed E-state index contributed by atoms with van der Waals surface area (Å²) in [5, 5.41) is 0.475. The molecule has 0 fully saturated rings. The fourth-order valence-electron chi connectivity index (χ4n) is 3.30. The van der Waals surface area contributed by atoms with Crippen molar-refractivity contribution in [3.05, 3.63) is 93.0 Å². The highest BCUT2D eigenvalue weighted by Crippen LogP contribution is 2.33. The quantitative estimate of drug-likeness (QED) is 0.283. The van der Waals surface area contributed by atoms with E-state index >= 15 is 0 Å². The van der Waals surface area contributed by atoms with Gasteiger partial charge in [0.25, 0.3) is 11.8 Å². The number of methoxy groups -OCH3 is 1. The summed E-state index contributed by atoms with van der Waals surface area (Å²) in [5.41, 5.74) is 0.827. The van der Waals surface area contributed by atoms with E-state index < -0.39 is 30.2 Å². The monoisotopic (exact) mass is 483 g/mol. The van der Waals surface area contributed by atoms with Gasteiger partial charge >= 0.3 is 5.97 Å². The first kappa shape index (κ1) is 22.5. The second-order valence-corrected chi connectivity index (χ2v) is 7.85. The average molecular weight is 484 g/mol. The number of fused-ring (bicyclic) bond motifs is 1. The molecule has 0 unspecified atom stereocenters. The second kappa shape index (κ2) is 9.05. The van der Waals surface area contributed by atoms with Gasteiger partial charge < -0.3 is 9.47 Å². The van der Waals surface area contributed by atoms with Gasteiger partial charge in [-0.25, -0.2) is 9.69 Å². The fourth-order valence-corrected chi connectivity index (χ4v) is 3.59. The number of Topliss-reactive ketones (excluding diaryl/α,β-unsaturated/α-hetero) is 1. The van der Waals surface area contributed by atoms with Crippen LogP contribution in [0.4, 0.5) is 5.69 Å². The highest BCUT2D eigenvalue weighted by Gasteiger charge is 2.37.